The molecular formula is C21H16O4. The second-order valence-corrected chi connectivity index (χ2v) is 5.35. The van der Waals surface area contributed by atoms with Crippen molar-refractivity contribution in [2.45, 2.75) is 5.60 Å². The van der Waals surface area contributed by atoms with Gasteiger partial charge in [-0.15, -0.1) is 0 Å². The highest BCUT2D eigenvalue weighted by atomic mass is 16.7. The van der Waals surface area contributed by atoms with Gasteiger partial charge in [0.2, 0.25) is 5.60 Å². The molecule has 0 aromatic heterocycles. The van der Waals surface area contributed by atoms with Crippen molar-refractivity contribution < 1.29 is 19.1 Å². The molecule has 0 spiro atoms. The number of hydrogen-bond donors (Lipinski definition) is 0. The van der Waals surface area contributed by atoms with Crippen molar-refractivity contribution in [2.75, 3.05) is 0 Å². The Balaban J connectivity index is 1.97. The first-order valence-corrected chi connectivity index (χ1v) is 7.78. The summed E-state index contributed by atoms with van der Waals surface area (Å²) >= 11 is 0. The van der Waals surface area contributed by atoms with Crippen LogP contribution in [0.3, 0.4) is 0 Å². The monoisotopic (exact) mass is 332 g/mol. The fourth-order valence-corrected chi connectivity index (χ4v) is 2.55. The van der Waals surface area contributed by atoms with Crippen LogP contribution in [0.2, 0.25) is 0 Å². The van der Waals surface area contributed by atoms with Crippen LogP contribution in [0.15, 0.2) is 91.0 Å². The Hall–Kier alpha value is -3.40. The van der Waals surface area contributed by atoms with Gasteiger partial charge in [0.05, 0.1) is 0 Å². The molecule has 0 N–H and O–H groups in total. The summed E-state index contributed by atoms with van der Waals surface area (Å²) in [5.41, 5.74) is -0.489. The van der Waals surface area contributed by atoms with E-state index in [0.29, 0.717) is 23.2 Å². The zero-order valence-electron chi connectivity index (χ0n) is 13.4. The molecule has 0 unspecified atom stereocenters. The summed E-state index contributed by atoms with van der Waals surface area (Å²) in [5, 5.41) is 0. The molecule has 0 aliphatic rings. The van der Waals surface area contributed by atoms with Gasteiger partial charge in [-0.25, -0.2) is 4.79 Å². The lowest BCUT2D eigenvalue weighted by atomic mass is 9.87. The second-order valence-electron chi connectivity index (χ2n) is 5.35. The van der Waals surface area contributed by atoms with Gasteiger partial charge in [0, 0.05) is 11.1 Å². The molecule has 124 valence electrons. The molecule has 3 aromatic rings. The topological polar surface area (TPSA) is 52.6 Å². The summed E-state index contributed by atoms with van der Waals surface area (Å²) in [6, 6.07) is 26.3. The Morgan fingerprint density at radius 2 is 1.16 bits per heavy atom. The van der Waals surface area contributed by atoms with Gasteiger partial charge in [0.25, 0.3) is 0 Å². The summed E-state index contributed by atoms with van der Waals surface area (Å²) in [4.78, 5) is 24.4. The standard InChI is InChI=1S/C21H16O4/c22-16-21(17-10-4-1-5-11-17,18-12-6-2-7-13-18)25-20(23)24-19-14-8-3-9-15-19/h1-16H. The minimum atomic E-state index is -1.58. The van der Waals surface area contributed by atoms with E-state index in [9.17, 15) is 9.59 Å². The molecule has 0 bridgehead atoms. The lowest BCUT2D eigenvalue weighted by Gasteiger charge is -2.28. The zero-order chi connectivity index (χ0) is 17.5. The van der Waals surface area contributed by atoms with E-state index in [0.717, 1.165) is 0 Å². The fourth-order valence-electron chi connectivity index (χ4n) is 2.55. The van der Waals surface area contributed by atoms with Crippen molar-refractivity contribution in [3.05, 3.63) is 102 Å². The van der Waals surface area contributed by atoms with Crippen LogP contribution in [0, 0.1) is 0 Å². The number of ether oxygens (including phenoxy) is 2. The van der Waals surface area contributed by atoms with E-state index in [1.165, 1.54) is 0 Å². The number of benzene rings is 3. The number of carbonyl (C=O) groups is 2. The highest BCUT2D eigenvalue weighted by Crippen LogP contribution is 2.32. The predicted octanol–water partition coefficient (Wildman–Crippen LogP) is 4.34. The van der Waals surface area contributed by atoms with Gasteiger partial charge in [-0.1, -0.05) is 78.9 Å². The van der Waals surface area contributed by atoms with E-state index in [1.54, 1.807) is 72.8 Å². The first-order valence-electron chi connectivity index (χ1n) is 7.78. The molecule has 0 radical (unpaired) electrons. The van der Waals surface area contributed by atoms with Crippen molar-refractivity contribution in [3.63, 3.8) is 0 Å². The van der Waals surface area contributed by atoms with E-state index >= 15 is 0 Å². The van der Waals surface area contributed by atoms with E-state index < -0.39 is 11.8 Å². The first kappa shape index (κ1) is 16.5. The number of para-hydroxylation sites is 1. The number of carbonyl (C=O) groups excluding carboxylic acids is 2. The van der Waals surface area contributed by atoms with Crippen LogP contribution in [0.1, 0.15) is 11.1 Å². The summed E-state index contributed by atoms with van der Waals surface area (Å²) in [6.07, 6.45) is -0.338. The minimum absolute atomic E-state index is 0.341. The maximum absolute atomic E-state index is 12.3. The Kier molecular flexibility index (Phi) is 4.90. The van der Waals surface area contributed by atoms with Crippen molar-refractivity contribution >= 4 is 12.4 Å². The Labute approximate surface area is 145 Å². The Morgan fingerprint density at radius 1 is 0.720 bits per heavy atom. The van der Waals surface area contributed by atoms with Crippen LogP contribution < -0.4 is 4.74 Å². The molecule has 3 aromatic carbocycles. The van der Waals surface area contributed by atoms with Crippen molar-refractivity contribution in [3.8, 4) is 5.75 Å². The lowest BCUT2D eigenvalue weighted by molar-refractivity contribution is -0.123. The minimum Gasteiger partial charge on any atom is -0.410 e. The van der Waals surface area contributed by atoms with Crippen LogP contribution in [0.4, 0.5) is 4.79 Å². The average molecular weight is 332 g/mol. The van der Waals surface area contributed by atoms with E-state index in [2.05, 4.69) is 0 Å². The van der Waals surface area contributed by atoms with Gasteiger partial charge in [-0.05, 0) is 12.1 Å². The van der Waals surface area contributed by atoms with Gasteiger partial charge in [0.1, 0.15) is 5.75 Å². The third kappa shape index (κ3) is 3.58. The quantitative estimate of drug-likeness (QED) is 0.396. The van der Waals surface area contributed by atoms with Crippen LogP contribution >= 0.6 is 0 Å². The predicted molar refractivity (Wildman–Crippen MR) is 93.3 cm³/mol. The van der Waals surface area contributed by atoms with Crippen molar-refractivity contribution in [1.82, 2.24) is 0 Å². The largest absolute Gasteiger partial charge is 0.515 e. The van der Waals surface area contributed by atoms with Gasteiger partial charge in [-0.3, -0.25) is 4.79 Å². The fraction of sp³-hybridized carbons (Fsp3) is 0.0476. The molecule has 0 aliphatic carbocycles. The van der Waals surface area contributed by atoms with Crippen LogP contribution in [-0.4, -0.2) is 12.4 Å². The van der Waals surface area contributed by atoms with Crippen LogP contribution in [0.5, 0.6) is 5.75 Å². The third-order valence-electron chi connectivity index (χ3n) is 3.76. The zero-order valence-corrected chi connectivity index (χ0v) is 13.4. The van der Waals surface area contributed by atoms with Gasteiger partial charge in [0.15, 0.2) is 6.29 Å². The SMILES string of the molecule is O=CC(OC(=O)Oc1ccccc1)(c1ccccc1)c1ccccc1. The average Bonchev–Trinajstić information content (AvgIpc) is 2.68. The van der Waals surface area contributed by atoms with Gasteiger partial charge >= 0.3 is 6.16 Å². The maximum atomic E-state index is 12.3. The van der Waals surface area contributed by atoms with Crippen molar-refractivity contribution in [1.29, 1.82) is 0 Å². The summed E-state index contributed by atoms with van der Waals surface area (Å²) in [5.74, 6) is 0.341. The number of aldehydes is 1. The van der Waals surface area contributed by atoms with Crippen molar-refractivity contribution in [2.24, 2.45) is 0 Å². The summed E-state index contributed by atoms with van der Waals surface area (Å²) in [7, 11) is 0. The lowest BCUT2D eigenvalue weighted by Crippen LogP contribution is -2.36. The summed E-state index contributed by atoms with van der Waals surface area (Å²) in [6.45, 7) is 0. The van der Waals surface area contributed by atoms with Gasteiger partial charge in [-0.2, -0.15) is 0 Å². The molecular weight excluding hydrogens is 316 g/mol. The molecule has 0 atom stereocenters. The number of hydrogen-bond acceptors (Lipinski definition) is 4. The van der Waals surface area contributed by atoms with E-state index in [4.69, 9.17) is 9.47 Å². The normalized spacial score (nSPS) is 10.7. The van der Waals surface area contributed by atoms with Crippen LogP contribution in [0.25, 0.3) is 0 Å². The Bertz CT molecular complexity index is 790. The molecule has 0 saturated carbocycles. The molecule has 4 nitrogen and oxygen atoms in total. The molecule has 0 fully saturated rings. The summed E-state index contributed by atoms with van der Waals surface area (Å²) < 4.78 is 10.7. The third-order valence-corrected chi connectivity index (χ3v) is 3.76. The molecule has 4 heteroatoms. The first-order chi connectivity index (χ1) is 12.2. The Morgan fingerprint density at radius 3 is 1.60 bits per heavy atom. The highest BCUT2D eigenvalue weighted by molar-refractivity contribution is 5.77. The van der Waals surface area contributed by atoms with E-state index in [-0.39, 0.29) is 0 Å². The molecule has 3 rings (SSSR count). The molecule has 0 aliphatic heterocycles. The van der Waals surface area contributed by atoms with E-state index in [1.807, 2.05) is 18.2 Å². The molecule has 0 heterocycles. The molecule has 0 saturated heterocycles. The molecule has 25 heavy (non-hydrogen) atoms. The van der Waals surface area contributed by atoms with Crippen LogP contribution in [-0.2, 0) is 15.1 Å². The second kappa shape index (κ2) is 7.45. The van der Waals surface area contributed by atoms with Gasteiger partial charge < -0.3 is 9.47 Å². The maximum Gasteiger partial charge on any atom is 0.515 e. The number of rotatable bonds is 5. The smallest absolute Gasteiger partial charge is 0.410 e. The molecule has 0 amide bonds. The highest BCUT2D eigenvalue weighted by Gasteiger charge is 2.39.